The van der Waals surface area contributed by atoms with Crippen molar-refractivity contribution in [1.82, 2.24) is 20.1 Å². The van der Waals surface area contributed by atoms with Gasteiger partial charge in [-0.2, -0.15) is 0 Å². The molecule has 0 aliphatic carbocycles. The van der Waals surface area contributed by atoms with Crippen LogP contribution in [0.25, 0.3) is 10.9 Å². The molecule has 0 saturated carbocycles. The van der Waals surface area contributed by atoms with Crippen LogP contribution in [0.2, 0.25) is 0 Å². The fourth-order valence-corrected chi connectivity index (χ4v) is 3.53. The van der Waals surface area contributed by atoms with E-state index in [1.807, 2.05) is 0 Å². The number of piperidine rings is 1. The van der Waals surface area contributed by atoms with E-state index in [9.17, 15) is 4.79 Å². The highest BCUT2D eigenvalue weighted by Gasteiger charge is 2.16. The SMILES string of the molecule is CCn1c(C#CC(=O)NC)cc2cc(CNC3CCN(C)CC3)ccc21. The number of carbonyl (C=O) groups is 1. The molecule has 1 aliphatic rings. The molecule has 0 radical (unpaired) electrons. The van der Waals surface area contributed by atoms with Crippen LogP contribution in [-0.4, -0.2) is 48.6 Å². The minimum Gasteiger partial charge on any atom is -0.348 e. The fourth-order valence-electron chi connectivity index (χ4n) is 3.53. The monoisotopic (exact) mass is 352 g/mol. The van der Waals surface area contributed by atoms with E-state index < -0.39 is 0 Å². The number of amides is 1. The summed E-state index contributed by atoms with van der Waals surface area (Å²) >= 11 is 0. The Bertz CT molecular complexity index is 835. The average molecular weight is 352 g/mol. The highest BCUT2D eigenvalue weighted by atomic mass is 16.1. The number of fused-ring (bicyclic) bond motifs is 1. The number of nitrogens with zero attached hydrogens (tertiary/aromatic N) is 2. The molecule has 5 nitrogen and oxygen atoms in total. The van der Waals surface area contributed by atoms with Crippen molar-refractivity contribution in [3.05, 3.63) is 35.5 Å². The predicted octanol–water partition coefficient (Wildman–Crippen LogP) is 1.94. The van der Waals surface area contributed by atoms with Crippen molar-refractivity contribution in [2.24, 2.45) is 0 Å². The first-order chi connectivity index (χ1) is 12.6. The Hall–Kier alpha value is -2.29. The molecule has 1 amide bonds. The number of aromatic nitrogens is 1. The number of carbonyl (C=O) groups excluding carboxylic acids is 1. The topological polar surface area (TPSA) is 49.3 Å². The lowest BCUT2D eigenvalue weighted by Gasteiger charge is -2.29. The molecule has 2 heterocycles. The Morgan fingerprint density at radius 1 is 1.27 bits per heavy atom. The van der Waals surface area contributed by atoms with Crippen LogP contribution < -0.4 is 10.6 Å². The Morgan fingerprint density at radius 3 is 2.73 bits per heavy atom. The van der Waals surface area contributed by atoms with Crippen LogP contribution in [0.3, 0.4) is 0 Å². The van der Waals surface area contributed by atoms with E-state index in [2.05, 4.69) is 70.2 Å². The molecular formula is C21H28N4O. The molecule has 0 atom stereocenters. The Morgan fingerprint density at radius 2 is 2.04 bits per heavy atom. The lowest BCUT2D eigenvalue weighted by Crippen LogP contribution is -2.40. The number of nitrogens with one attached hydrogen (secondary N) is 2. The third kappa shape index (κ3) is 4.27. The van der Waals surface area contributed by atoms with E-state index in [1.54, 1.807) is 7.05 Å². The molecule has 1 fully saturated rings. The third-order valence-electron chi connectivity index (χ3n) is 5.13. The molecule has 0 unspecified atom stereocenters. The molecular weight excluding hydrogens is 324 g/mol. The number of likely N-dealkylation sites (tertiary alicyclic amines) is 1. The second-order valence-electron chi connectivity index (χ2n) is 6.95. The van der Waals surface area contributed by atoms with Crippen molar-refractivity contribution >= 4 is 16.8 Å². The first-order valence-electron chi connectivity index (χ1n) is 9.38. The predicted molar refractivity (Wildman–Crippen MR) is 106 cm³/mol. The van der Waals surface area contributed by atoms with Crippen molar-refractivity contribution in [1.29, 1.82) is 0 Å². The number of rotatable bonds is 4. The van der Waals surface area contributed by atoms with Crippen molar-refractivity contribution < 1.29 is 4.79 Å². The summed E-state index contributed by atoms with van der Waals surface area (Å²) in [6.45, 7) is 6.15. The van der Waals surface area contributed by atoms with Crippen LogP contribution in [0.5, 0.6) is 0 Å². The largest absolute Gasteiger partial charge is 0.348 e. The molecule has 0 spiro atoms. The number of hydrogen-bond donors (Lipinski definition) is 2. The zero-order valence-corrected chi connectivity index (χ0v) is 15.9. The Labute approximate surface area is 155 Å². The summed E-state index contributed by atoms with van der Waals surface area (Å²) in [7, 11) is 3.78. The third-order valence-corrected chi connectivity index (χ3v) is 5.13. The van der Waals surface area contributed by atoms with E-state index in [-0.39, 0.29) is 5.91 Å². The van der Waals surface area contributed by atoms with Gasteiger partial charge < -0.3 is 20.1 Å². The smallest absolute Gasteiger partial charge is 0.296 e. The maximum absolute atomic E-state index is 11.4. The molecule has 0 bridgehead atoms. The maximum atomic E-state index is 11.4. The van der Waals surface area contributed by atoms with Gasteiger partial charge in [0.15, 0.2) is 0 Å². The van der Waals surface area contributed by atoms with Gasteiger partial charge in [0.1, 0.15) is 0 Å². The van der Waals surface area contributed by atoms with Crippen LogP contribution in [0.4, 0.5) is 0 Å². The van der Waals surface area contributed by atoms with Crippen LogP contribution in [-0.2, 0) is 17.9 Å². The normalized spacial score (nSPS) is 15.7. The van der Waals surface area contributed by atoms with Crippen LogP contribution in [0.1, 0.15) is 31.0 Å². The highest BCUT2D eigenvalue weighted by Crippen LogP contribution is 2.21. The minimum absolute atomic E-state index is 0.263. The van der Waals surface area contributed by atoms with Gasteiger partial charge in [-0.25, -0.2) is 0 Å². The van der Waals surface area contributed by atoms with Crippen molar-refractivity contribution in [2.45, 2.75) is 38.9 Å². The van der Waals surface area contributed by atoms with E-state index >= 15 is 0 Å². The molecule has 1 aliphatic heterocycles. The standard InChI is InChI=1S/C21H28N4O/c1-4-25-19(6-8-21(26)22-2)14-17-13-16(5-7-20(17)25)15-23-18-9-11-24(3)12-10-18/h5,7,13-14,18,23H,4,9-12,15H2,1-3H3,(H,22,26). The molecule has 26 heavy (non-hydrogen) atoms. The summed E-state index contributed by atoms with van der Waals surface area (Å²) in [5.74, 6) is 5.36. The van der Waals surface area contributed by atoms with E-state index in [1.165, 1.54) is 36.9 Å². The quantitative estimate of drug-likeness (QED) is 0.827. The lowest BCUT2D eigenvalue weighted by molar-refractivity contribution is -0.115. The molecule has 3 rings (SSSR count). The molecule has 1 saturated heterocycles. The molecule has 1 aromatic heterocycles. The van der Waals surface area contributed by atoms with E-state index in [4.69, 9.17) is 0 Å². The fraction of sp³-hybridized carbons (Fsp3) is 0.476. The van der Waals surface area contributed by atoms with Crippen LogP contribution >= 0.6 is 0 Å². The second kappa shape index (κ2) is 8.39. The second-order valence-corrected chi connectivity index (χ2v) is 6.95. The van der Waals surface area contributed by atoms with Gasteiger partial charge in [0, 0.05) is 43.0 Å². The molecule has 138 valence electrons. The number of aryl methyl sites for hydroxylation is 1. The number of benzene rings is 1. The van der Waals surface area contributed by atoms with E-state index in [0.717, 1.165) is 24.3 Å². The first-order valence-corrected chi connectivity index (χ1v) is 9.38. The zero-order chi connectivity index (χ0) is 18.5. The van der Waals surface area contributed by atoms with Crippen LogP contribution in [0, 0.1) is 11.8 Å². The molecule has 2 N–H and O–H groups in total. The van der Waals surface area contributed by atoms with Gasteiger partial charge in [-0.1, -0.05) is 6.07 Å². The Balaban J connectivity index is 1.75. The highest BCUT2D eigenvalue weighted by molar-refractivity contribution is 5.94. The van der Waals surface area contributed by atoms with Crippen molar-refractivity contribution in [2.75, 3.05) is 27.2 Å². The van der Waals surface area contributed by atoms with E-state index in [0.29, 0.717) is 6.04 Å². The summed E-state index contributed by atoms with van der Waals surface area (Å²) in [5.41, 5.74) is 3.33. The van der Waals surface area contributed by atoms with Gasteiger partial charge in [-0.15, -0.1) is 0 Å². The van der Waals surface area contributed by atoms with Gasteiger partial charge in [0.25, 0.3) is 5.91 Å². The van der Waals surface area contributed by atoms with Gasteiger partial charge in [-0.05, 0) is 69.6 Å². The summed E-state index contributed by atoms with van der Waals surface area (Å²) in [6.07, 6.45) is 2.42. The molecule has 1 aromatic carbocycles. The van der Waals surface area contributed by atoms with Gasteiger partial charge in [-0.3, -0.25) is 4.79 Å². The minimum atomic E-state index is -0.263. The lowest BCUT2D eigenvalue weighted by atomic mass is 10.0. The average Bonchev–Trinajstić information content (AvgIpc) is 3.02. The first kappa shape index (κ1) is 18.5. The zero-order valence-electron chi connectivity index (χ0n) is 15.9. The van der Waals surface area contributed by atoms with Crippen LogP contribution in [0.15, 0.2) is 24.3 Å². The summed E-state index contributed by atoms with van der Waals surface area (Å²) < 4.78 is 2.15. The molecule has 2 aromatic rings. The Kier molecular flexibility index (Phi) is 5.97. The summed E-state index contributed by atoms with van der Waals surface area (Å²) in [4.78, 5) is 13.8. The molecule has 5 heteroatoms. The van der Waals surface area contributed by atoms with Crippen molar-refractivity contribution in [3.8, 4) is 11.8 Å². The van der Waals surface area contributed by atoms with Gasteiger partial charge >= 0.3 is 0 Å². The summed E-state index contributed by atoms with van der Waals surface area (Å²) in [5, 5.41) is 7.40. The van der Waals surface area contributed by atoms with Crippen molar-refractivity contribution in [3.63, 3.8) is 0 Å². The number of hydrogen-bond acceptors (Lipinski definition) is 3. The van der Waals surface area contributed by atoms with Gasteiger partial charge in [0.05, 0.1) is 5.69 Å². The summed E-state index contributed by atoms with van der Waals surface area (Å²) in [6, 6.07) is 9.26. The van der Waals surface area contributed by atoms with Gasteiger partial charge in [0.2, 0.25) is 0 Å². The maximum Gasteiger partial charge on any atom is 0.296 e.